The first-order valence-electron chi connectivity index (χ1n) is 0.583. The summed E-state index contributed by atoms with van der Waals surface area (Å²) in [5.41, 5.74) is 0. The topological polar surface area (TPSA) is 57.5 Å². The third-order valence-corrected chi connectivity index (χ3v) is 0. The maximum atomic E-state index is 8.70. The van der Waals surface area contributed by atoms with Crippen LogP contribution in [0.5, 0.6) is 0 Å². The molecule has 0 fully saturated rings. The van der Waals surface area contributed by atoms with Crippen LogP contribution in [0, 0.1) is 0 Å². The van der Waals surface area contributed by atoms with Crippen molar-refractivity contribution in [2.45, 2.75) is 0 Å². The van der Waals surface area contributed by atoms with Gasteiger partial charge in [-0.15, -0.1) is 9.79 Å². The minimum atomic E-state index is -2.87. The Bertz CT molecular complexity index is 29.9. The average molecular weight is 265 g/mol. The molecule has 5 heavy (non-hydrogen) atoms. The van der Waals surface area contributed by atoms with E-state index in [2.05, 4.69) is 0 Å². The van der Waals surface area contributed by atoms with Crippen LogP contribution in [0.15, 0.2) is 0 Å². The van der Waals surface area contributed by atoms with Gasteiger partial charge in [-0.05, 0) is 0 Å². The van der Waals surface area contributed by atoms with E-state index < -0.39 is 8.25 Å². The zero-order valence-electron chi connectivity index (χ0n) is 2.16. The molecule has 0 aromatic heterocycles. The van der Waals surface area contributed by atoms with Gasteiger partial charge in [-0.2, -0.15) is 0 Å². The molecule has 0 atom stereocenters. The molecule has 0 aliphatic carbocycles. The van der Waals surface area contributed by atoms with Crippen molar-refractivity contribution in [3.05, 3.63) is 0 Å². The molecule has 2 N–H and O–H groups in total. The number of rotatable bonds is 0. The van der Waals surface area contributed by atoms with Crippen molar-refractivity contribution in [1.82, 2.24) is 0 Å². The van der Waals surface area contributed by atoms with E-state index >= 15 is 0 Å². The smallest absolute Gasteiger partial charge is 0.134 e. The van der Waals surface area contributed by atoms with Crippen LogP contribution >= 0.6 is 8.25 Å². The van der Waals surface area contributed by atoms with Crippen molar-refractivity contribution >= 4 is 8.25 Å². The van der Waals surface area contributed by atoms with E-state index in [1.54, 1.807) is 0 Å². The third-order valence-electron chi connectivity index (χ3n) is 0. The summed E-state index contributed by atoms with van der Waals surface area (Å²) >= 11 is 0. The van der Waals surface area contributed by atoms with E-state index in [1.165, 1.54) is 0 Å². The van der Waals surface area contributed by atoms with Crippen LogP contribution in [-0.4, -0.2) is 9.79 Å². The third kappa shape index (κ3) is 68.8. The number of hydrogen-bond acceptors (Lipinski definition) is 1. The summed E-state index contributed by atoms with van der Waals surface area (Å²) in [5.74, 6) is 0. The second-order valence-electron chi connectivity index (χ2n) is 0.253. The molecule has 0 aliphatic rings. The Morgan fingerprint density at radius 2 is 1.40 bits per heavy atom. The van der Waals surface area contributed by atoms with Crippen LogP contribution in [-0.2, 0) is 25.6 Å². The first-order chi connectivity index (χ1) is 1.73. The van der Waals surface area contributed by atoms with Gasteiger partial charge in [0.2, 0.25) is 0 Å². The van der Waals surface area contributed by atoms with E-state index in [0.29, 0.717) is 0 Å². The maximum absolute atomic E-state index is 8.70. The Labute approximate surface area is 44.2 Å². The molecule has 0 aromatic rings. The Morgan fingerprint density at radius 1 is 1.40 bits per heavy atom. The summed E-state index contributed by atoms with van der Waals surface area (Å²) in [6.45, 7) is 0. The molecular weight excluding hydrogens is 263 g/mol. The molecule has 3 nitrogen and oxygen atoms in total. The van der Waals surface area contributed by atoms with Gasteiger partial charge in [0.1, 0.15) is 0 Å². The maximum Gasteiger partial charge on any atom is 0.692 e. The van der Waals surface area contributed by atoms with Gasteiger partial charge >= 0.3 is 8.25 Å². The Balaban J connectivity index is 0. The van der Waals surface area contributed by atoms with Crippen molar-refractivity contribution in [2.24, 2.45) is 0 Å². The largest absolute Gasteiger partial charge is 0.692 e. The monoisotopic (exact) mass is 265 g/mol. The van der Waals surface area contributed by atoms with Crippen molar-refractivity contribution in [1.29, 1.82) is 0 Å². The summed E-state index contributed by atoms with van der Waals surface area (Å²) < 4.78 is 8.70. The molecule has 0 aromatic carbocycles. The number of hydrogen-bond donors (Lipinski definition) is 2. The van der Waals surface area contributed by atoms with Crippen LogP contribution in [0.4, 0.5) is 0 Å². The minimum absolute atomic E-state index is 0. The van der Waals surface area contributed by atoms with E-state index in [-0.39, 0.29) is 21.1 Å². The van der Waals surface area contributed by atoms with Crippen LogP contribution in [0.25, 0.3) is 0 Å². The summed E-state index contributed by atoms with van der Waals surface area (Å²) in [6.07, 6.45) is 0. The molecule has 0 amide bonds. The second kappa shape index (κ2) is 4.71. The van der Waals surface area contributed by atoms with Gasteiger partial charge in [-0.3, -0.25) is 0 Å². The summed E-state index contributed by atoms with van der Waals surface area (Å²) in [5, 5.41) is 0. The second-order valence-corrected chi connectivity index (χ2v) is 0.758. The SMILES string of the molecule is O=[P+](O)O.[W]. The molecule has 30 valence electrons. The molecule has 0 aliphatic heterocycles. The molecule has 0 saturated heterocycles. The van der Waals surface area contributed by atoms with E-state index in [4.69, 9.17) is 14.4 Å². The Hall–Kier alpha value is 0.708. The molecule has 5 heteroatoms. The van der Waals surface area contributed by atoms with Gasteiger partial charge < -0.3 is 0 Å². The molecule has 0 spiro atoms. The van der Waals surface area contributed by atoms with Crippen LogP contribution in [0.1, 0.15) is 0 Å². The van der Waals surface area contributed by atoms with E-state index in [9.17, 15) is 0 Å². The zero-order chi connectivity index (χ0) is 3.58. The molecule has 0 rings (SSSR count). The normalized spacial score (nSPS) is 5.20. The fourth-order valence-electron chi connectivity index (χ4n) is 0. The quantitative estimate of drug-likeness (QED) is 0.587. The average Bonchev–Trinajstić information content (AvgIpc) is 0.811. The van der Waals surface area contributed by atoms with Crippen molar-refractivity contribution in [2.75, 3.05) is 0 Å². The fourth-order valence-corrected chi connectivity index (χ4v) is 0. The molecular formula is H2O3PW+. The van der Waals surface area contributed by atoms with Gasteiger partial charge in [0.25, 0.3) is 0 Å². The molecule has 0 bridgehead atoms. The Morgan fingerprint density at radius 3 is 1.40 bits per heavy atom. The fraction of sp³-hybridized carbons (Fsp3) is 0. The van der Waals surface area contributed by atoms with Crippen LogP contribution in [0.3, 0.4) is 0 Å². The van der Waals surface area contributed by atoms with E-state index in [1.807, 2.05) is 0 Å². The van der Waals surface area contributed by atoms with Crippen LogP contribution < -0.4 is 0 Å². The van der Waals surface area contributed by atoms with Crippen molar-refractivity contribution in [3.63, 3.8) is 0 Å². The van der Waals surface area contributed by atoms with Gasteiger partial charge in [-0.1, -0.05) is 0 Å². The molecule has 0 saturated carbocycles. The summed E-state index contributed by atoms with van der Waals surface area (Å²) in [6, 6.07) is 0. The predicted molar refractivity (Wildman–Crippen MR) is 12.0 cm³/mol. The van der Waals surface area contributed by atoms with Gasteiger partial charge in [0.05, 0.1) is 0 Å². The van der Waals surface area contributed by atoms with Gasteiger partial charge in [-0.25, -0.2) is 0 Å². The van der Waals surface area contributed by atoms with E-state index in [0.717, 1.165) is 0 Å². The molecule has 0 radical (unpaired) electrons. The molecule has 0 heterocycles. The summed E-state index contributed by atoms with van der Waals surface area (Å²) in [7, 11) is -2.87. The minimum Gasteiger partial charge on any atom is -0.134 e. The summed E-state index contributed by atoms with van der Waals surface area (Å²) in [4.78, 5) is 14.2. The van der Waals surface area contributed by atoms with Crippen LogP contribution in [0.2, 0.25) is 0 Å². The standard InChI is InChI=1S/HO3P.W/c1-4(2)3;/h(H-,1,2,3);/p+1. The van der Waals surface area contributed by atoms with Crippen molar-refractivity contribution in [3.8, 4) is 0 Å². The molecule has 0 unspecified atom stereocenters. The van der Waals surface area contributed by atoms with Gasteiger partial charge in [0.15, 0.2) is 0 Å². The Kier molecular flexibility index (Phi) is 8.67. The first-order valence-corrected chi connectivity index (χ1v) is 1.75. The zero-order valence-corrected chi connectivity index (χ0v) is 5.99. The van der Waals surface area contributed by atoms with Gasteiger partial charge in [0, 0.05) is 25.6 Å². The first kappa shape index (κ1) is 9.20. The van der Waals surface area contributed by atoms with Crippen molar-refractivity contribution < 1.29 is 35.4 Å². The predicted octanol–water partition coefficient (Wildman–Crippen LogP) is -0.374.